The second kappa shape index (κ2) is 6.57. The molecule has 0 saturated heterocycles. The fraction of sp³-hybridized carbons (Fsp3) is 0.133. The van der Waals surface area contributed by atoms with Crippen LogP contribution in [-0.4, -0.2) is 17.2 Å². The molecule has 2 aromatic rings. The molecule has 0 radical (unpaired) electrons. The lowest BCUT2D eigenvalue weighted by Crippen LogP contribution is -2.17. The van der Waals surface area contributed by atoms with Gasteiger partial charge in [-0.15, -0.1) is 13.2 Å². The number of hydrogen-bond donors (Lipinski definition) is 1. The van der Waals surface area contributed by atoms with Gasteiger partial charge in [0, 0.05) is 22.9 Å². The SMILES string of the molecule is Cc1cc(C(=O)Nc2ccc(OC(F)(F)F)cc2)ccc1[N+](=O)[O-]. The summed E-state index contributed by atoms with van der Waals surface area (Å²) in [6.07, 6.45) is -4.79. The Balaban J connectivity index is 2.09. The summed E-state index contributed by atoms with van der Waals surface area (Å²) < 4.78 is 39.9. The fourth-order valence-corrected chi connectivity index (χ4v) is 1.94. The van der Waals surface area contributed by atoms with E-state index in [2.05, 4.69) is 10.1 Å². The number of anilines is 1. The fourth-order valence-electron chi connectivity index (χ4n) is 1.94. The van der Waals surface area contributed by atoms with E-state index in [1.807, 2.05) is 0 Å². The monoisotopic (exact) mass is 340 g/mol. The number of carbonyl (C=O) groups is 1. The molecule has 0 spiro atoms. The van der Waals surface area contributed by atoms with E-state index in [4.69, 9.17) is 0 Å². The van der Waals surface area contributed by atoms with Gasteiger partial charge in [-0.1, -0.05) is 0 Å². The summed E-state index contributed by atoms with van der Waals surface area (Å²) in [5.74, 6) is -0.954. The molecular formula is C15H11F3N2O4. The molecule has 126 valence electrons. The minimum Gasteiger partial charge on any atom is -0.406 e. The number of benzene rings is 2. The predicted octanol–water partition coefficient (Wildman–Crippen LogP) is 4.05. The molecule has 2 rings (SSSR count). The summed E-state index contributed by atoms with van der Waals surface area (Å²) in [6.45, 7) is 1.50. The standard InChI is InChI=1S/C15H11F3N2O4/c1-9-8-10(2-7-13(9)20(22)23)14(21)19-11-3-5-12(6-4-11)24-15(16,17)18/h2-8H,1H3,(H,19,21). The number of hydrogen-bond acceptors (Lipinski definition) is 4. The van der Waals surface area contributed by atoms with Crippen LogP contribution in [0.5, 0.6) is 5.75 Å². The first kappa shape index (κ1) is 17.3. The number of nitrogens with one attached hydrogen (secondary N) is 1. The van der Waals surface area contributed by atoms with Gasteiger partial charge in [0.2, 0.25) is 0 Å². The second-order valence-electron chi connectivity index (χ2n) is 4.78. The van der Waals surface area contributed by atoms with Gasteiger partial charge in [-0.3, -0.25) is 14.9 Å². The smallest absolute Gasteiger partial charge is 0.406 e. The Labute approximate surface area is 134 Å². The van der Waals surface area contributed by atoms with Crippen LogP contribution in [0, 0.1) is 17.0 Å². The summed E-state index contributed by atoms with van der Waals surface area (Å²) in [5.41, 5.74) is 0.654. The van der Waals surface area contributed by atoms with Crippen LogP contribution in [0.2, 0.25) is 0 Å². The van der Waals surface area contributed by atoms with E-state index in [0.29, 0.717) is 5.56 Å². The second-order valence-corrected chi connectivity index (χ2v) is 4.78. The lowest BCUT2D eigenvalue weighted by molar-refractivity contribution is -0.385. The average Bonchev–Trinajstić information content (AvgIpc) is 2.47. The lowest BCUT2D eigenvalue weighted by Gasteiger charge is -2.10. The molecule has 1 N–H and O–H groups in total. The van der Waals surface area contributed by atoms with E-state index in [1.165, 1.54) is 37.3 Å². The largest absolute Gasteiger partial charge is 0.573 e. The molecule has 0 heterocycles. The zero-order valence-electron chi connectivity index (χ0n) is 12.3. The molecule has 0 aliphatic rings. The molecule has 0 aliphatic heterocycles. The lowest BCUT2D eigenvalue weighted by atomic mass is 10.1. The number of rotatable bonds is 4. The molecule has 0 fully saturated rings. The van der Waals surface area contributed by atoms with E-state index in [9.17, 15) is 28.1 Å². The molecule has 0 atom stereocenters. The molecular weight excluding hydrogens is 329 g/mol. The third-order valence-electron chi connectivity index (χ3n) is 3.00. The van der Waals surface area contributed by atoms with Gasteiger partial charge in [-0.2, -0.15) is 0 Å². The molecule has 0 unspecified atom stereocenters. The maximum Gasteiger partial charge on any atom is 0.573 e. The predicted molar refractivity (Wildman–Crippen MR) is 78.9 cm³/mol. The van der Waals surface area contributed by atoms with Gasteiger partial charge >= 0.3 is 6.36 Å². The number of alkyl halides is 3. The van der Waals surface area contributed by atoms with Crippen molar-refractivity contribution >= 4 is 17.3 Å². The number of nitro groups is 1. The first-order valence-corrected chi connectivity index (χ1v) is 6.58. The number of halogens is 3. The average molecular weight is 340 g/mol. The van der Waals surface area contributed by atoms with Gasteiger partial charge in [0.15, 0.2) is 0 Å². The van der Waals surface area contributed by atoms with Gasteiger partial charge < -0.3 is 10.1 Å². The Hall–Kier alpha value is -3.10. The Morgan fingerprint density at radius 2 is 1.79 bits per heavy atom. The first-order chi connectivity index (χ1) is 11.2. The number of nitrogens with zero attached hydrogens (tertiary/aromatic N) is 1. The van der Waals surface area contributed by atoms with Crippen molar-refractivity contribution in [2.75, 3.05) is 5.32 Å². The minimum atomic E-state index is -4.79. The van der Waals surface area contributed by atoms with E-state index in [1.54, 1.807) is 0 Å². The highest BCUT2D eigenvalue weighted by atomic mass is 19.4. The van der Waals surface area contributed by atoms with Gasteiger partial charge in [-0.25, -0.2) is 0 Å². The molecule has 6 nitrogen and oxygen atoms in total. The van der Waals surface area contributed by atoms with Crippen molar-refractivity contribution in [2.45, 2.75) is 13.3 Å². The van der Waals surface area contributed by atoms with Crippen LogP contribution >= 0.6 is 0 Å². The van der Waals surface area contributed by atoms with Crippen molar-refractivity contribution in [3.8, 4) is 5.75 Å². The summed E-state index contributed by atoms with van der Waals surface area (Å²) in [7, 11) is 0. The van der Waals surface area contributed by atoms with Crippen LogP contribution in [-0.2, 0) is 0 Å². The first-order valence-electron chi connectivity index (χ1n) is 6.58. The normalized spacial score (nSPS) is 11.0. The topological polar surface area (TPSA) is 81.5 Å². The molecule has 24 heavy (non-hydrogen) atoms. The molecule has 0 bridgehead atoms. The highest BCUT2D eigenvalue weighted by molar-refractivity contribution is 6.04. The van der Waals surface area contributed by atoms with Crippen molar-refractivity contribution in [2.24, 2.45) is 0 Å². The quantitative estimate of drug-likeness (QED) is 0.672. The highest BCUT2D eigenvalue weighted by Gasteiger charge is 2.30. The van der Waals surface area contributed by atoms with Crippen LogP contribution in [0.4, 0.5) is 24.5 Å². The summed E-state index contributed by atoms with van der Waals surface area (Å²) in [5, 5.41) is 13.2. The summed E-state index contributed by atoms with van der Waals surface area (Å²) in [4.78, 5) is 22.2. The van der Waals surface area contributed by atoms with Crippen molar-refractivity contribution in [1.29, 1.82) is 0 Å². The third kappa shape index (κ3) is 4.45. The van der Waals surface area contributed by atoms with Gasteiger partial charge in [-0.05, 0) is 43.3 Å². The van der Waals surface area contributed by atoms with Crippen LogP contribution in [0.1, 0.15) is 15.9 Å². The van der Waals surface area contributed by atoms with Crippen molar-refractivity contribution in [3.63, 3.8) is 0 Å². The number of ether oxygens (including phenoxy) is 1. The van der Waals surface area contributed by atoms with E-state index in [-0.39, 0.29) is 16.9 Å². The zero-order chi connectivity index (χ0) is 17.9. The Kier molecular flexibility index (Phi) is 4.72. The van der Waals surface area contributed by atoms with E-state index >= 15 is 0 Å². The van der Waals surface area contributed by atoms with E-state index in [0.717, 1.165) is 12.1 Å². The number of amides is 1. The maximum absolute atomic E-state index is 12.1. The van der Waals surface area contributed by atoms with Crippen LogP contribution in [0.15, 0.2) is 42.5 Å². The Bertz CT molecular complexity index is 773. The summed E-state index contributed by atoms with van der Waals surface area (Å²) >= 11 is 0. The molecule has 0 saturated carbocycles. The number of carbonyl (C=O) groups excluding carboxylic acids is 1. The Morgan fingerprint density at radius 3 is 2.29 bits per heavy atom. The van der Waals surface area contributed by atoms with Gasteiger partial charge in [0.1, 0.15) is 5.75 Å². The van der Waals surface area contributed by atoms with Crippen LogP contribution in [0.3, 0.4) is 0 Å². The maximum atomic E-state index is 12.1. The van der Waals surface area contributed by atoms with Crippen molar-refractivity contribution in [3.05, 3.63) is 63.7 Å². The third-order valence-corrected chi connectivity index (χ3v) is 3.00. The van der Waals surface area contributed by atoms with Gasteiger partial charge in [0.25, 0.3) is 11.6 Å². The van der Waals surface area contributed by atoms with Crippen molar-refractivity contribution in [1.82, 2.24) is 0 Å². The molecule has 1 amide bonds. The molecule has 2 aromatic carbocycles. The number of aryl methyl sites for hydroxylation is 1. The number of nitro benzene ring substituents is 1. The van der Waals surface area contributed by atoms with Crippen LogP contribution < -0.4 is 10.1 Å². The van der Waals surface area contributed by atoms with Gasteiger partial charge in [0.05, 0.1) is 4.92 Å². The molecule has 0 aromatic heterocycles. The highest BCUT2D eigenvalue weighted by Crippen LogP contribution is 2.24. The van der Waals surface area contributed by atoms with Crippen molar-refractivity contribution < 1.29 is 27.6 Å². The van der Waals surface area contributed by atoms with E-state index < -0.39 is 22.9 Å². The zero-order valence-corrected chi connectivity index (χ0v) is 12.3. The van der Waals surface area contributed by atoms with Crippen LogP contribution in [0.25, 0.3) is 0 Å². The summed E-state index contributed by atoms with van der Waals surface area (Å²) in [6, 6.07) is 8.48. The Morgan fingerprint density at radius 1 is 1.17 bits per heavy atom. The minimum absolute atomic E-state index is 0.111. The molecule has 9 heteroatoms. The molecule has 0 aliphatic carbocycles.